The van der Waals surface area contributed by atoms with E-state index in [1.807, 2.05) is 0 Å². The Morgan fingerprint density at radius 2 is 2.00 bits per heavy atom. The number of halogens is 1. The molecule has 4 N–H and O–H groups in total. The molecule has 0 spiro atoms. The monoisotopic (exact) mass is 247 g/mol. The molecule has 0 aromatic rings. The standard InChI is InChI=1S/C4H9NO3.HI/c1-2(6)3(5)4(7)8;/h2-3,6H,5H2,1H3,(H,7,8);1H. The highest BCUT2D eigenvalue weighted by Gasteiger charge is 2.16. The molecule has 0 rings (SSSR count). The predicted octanol–water partition coefficient (Wildman–Crippen LogP) is -0.603. The Labute approximate surface area is 70.1 Å². The van der Waals surface area contributed by atoms with E-state index < -0.39 is 18.1 Å². The van der Waals surface area contributed by atoms with Crippen LogP contribution in [0.1, 0.15) is 6.92 Å². The summed E-state index contributed by atoms with van der Waals surface area (Å²) in [5.41, 5.74) is 4.91. The van der Waals surface area contributed by atoms with Gasteiger partial charge >= 0.3 is 5.97 Å². The first kappa shape index (κ1) is 11.9. The van der Waals surface area contributed by atoms with Crippen molar-refractivity contribution in [3.63, 3.8) is 0 Å². The number of nitrogens with two attached hydrogens (primary N) is 1. The molecule has 0 saturated carbocycles. The maximum atomic E-state index is 9.86. The van der Waals surface area contributed by atoms with Crippen molar-refractivity contribution in [1.29, 1.82) is 0 Å². The first-order valence-electron chi connectivity index (χ1n) is 2.22. The van der Waals surface area contributed by atoms with Gasteiger partial charge in [-0.25, -0.2) is 0 Å². The van der Waals surface area contributed by atoms with Crippen molar-refractivity contribution in [2.24, 2.45) is 5.73 Å². The third kappa shape index (κ3) is 4.61. The van der Waals surface area contributed by atoms with Gasteiger partial charge in [0.2, 0.25) is 0 Å². The summed E-state index contributed by atoms with van der Waals surface area (Å²) in [6, 6.07) is -1.16. The molecule has 5 heteroatoms. The lowest BCUT2D eigenvalue weighted by Crippen LogP contribution is -2.39. The number of aliphatic carboxylic acids is 1. The van der Waals surface area contributed by atoms with Gasteiger partial charge < -0.3 is 15.9 Å². The second kappa shape index (κ2) is 4.95. The van der Waals surface area contributed by atoms with E-state index in [1.165, 1.54) is 6.92 Å². The molecule has 0 saturated heterocycles. The van der Waals surface area contributed by atoms with E-state index in [0.29, 0.717) is 0 Å². The fraction of sp³-hybridized carbons (Fsp3) is 0.750. The Bertz CT molecular complexity index is 95.8. The van der Waals surface area contributed by atoms with Crippen molar-refractivity contribution in [2.45, 2.75) is 19.1 Å². The van der Waals surface area contributed by atoms with Gasteiger partial charge in [0.05, 0.1) is 6.10 Å². The molecule has 0 heterocycles. The van der Waals surface area contributed by atoms with Crippen molar-refractivity contribution in [2.75, 3.05) is 0 Å². The second-order valence-corrected chi connectivity index (χ2v) is 1.60. The van der Waals surface area contributed by atoms with Crippen LogP contribution in [0.2, 0.25) is 0 Å². The van der Waals surface area contributed by atoms with Crippen LogP contribution in [-0.4, -0.2) is 28.3 Å². The molecule has 0 amide bonds. The van der Waals surface area contributed by atoms with E-state index in [4.69, 9.17) is 15.9 Å². The maximum Gasteiger partial charge on any atom is 0.323 e. The number of hydrogen-bond donors (Lipinski definition) is 3. The van der Waals surface area contributed by atoms with E-state index >= 15 is 0 Å². The van der Waals surface area contributed by atoms with Crippen LogP contribution >= 0.6 is 24.0 Å². The lowest BCUT2D eigenvalue weighted by atomic mass is 10.2. The Morgan fingerprint density at radius 3 is 2.00 bits per heavy atom. The van der Waals surface area contributed by atoms with Gasteiger partial charge in [0, 0.05) is 0 Å². The van der Waals surface area contributed by atoms with Crippen LogP contribution in [0.5, 0.6) is 0 Å². The third-order valence-corrected chi connectivity index (χ3v) is 0.805. The van der Waals surface area contributed by atoms with Crippen LogP contribution in [-0.2, 0) is 4.79 Å². The number of hydrogen-bond acceptors (Lipinski definition) is 3. The molecule has 2 unspecified atom stereocenters. The molecule has 4 nitrogen and oxygen atoms in total. The van der Waals surface area contributed by atoms with E-state index in [1.54, 1.807) is 0 Å². The molecule has 0 aromatic carbocycles. The maximum absolute atomic E-state index is 9.86. The van der Waals surface area contributed by atoms with Crippen molar-refractivity contribution >= 4 is 29.9 Å². The average Bonchev–Trinajstić information content (AvgIpc) is 1.64. The van der Waals surface area contributed by atoms with Crippen LogP contribution in [0.15, 0.2) is 0 Å². The number of rotatable bonds is 2. The molecule has 0 bridgehead atoms. The smallest absolute Gasteiger partial charge is 0.323 e. The fourth-order valence-electron chi connectivity index (χ4n) is 0.206. The van der Waals surface area contributed by atoms with Gasteiger partial charge in [-0.05, 0) is 6.92 Å². The molecule has 0 aliphatic rings. The molecule has 0 fully saturated rings. The lowest BCUT2D eigenvalue weighted by Gasteiger charge is -2.06. The summed E-state index contributed by atoms with van der Waals surface area (Å²) in [6.45, 7) is 1.33. The molecule has 0 radical (unpaired) electrons. The number of carboxylic acids is 1. The van der Waals surface area contributed by atoms with Crippen molar-refractivity contribution in [1.82, 2.24) is 0 Å². The first-order chi connectivity index (χ1) is 3.55. The summed E-state index contributed by atoms with van der Waals surface area (Å²) in [6.07, 6.45) is -0.979. The summed E-state index contributed by atoms with van der Waals surface area (Å²) in [5, 5.41) is 16.6. The van der Waals surface area contributed by atoms with Crippen LogP contribution in [0.25, 0.3) is 0 Å². The largest absolute Gasteiger partial charge is 0.480 e. The summed E-state index contributed by atoms with van der Waals surface area (Å²) < 4.78 is 0. The van der Waals surface area contributed by atoms with Crippen LogP contribution < -0.4 is 5.73 Å². The van der Waals surface area contributed by atoms with Crippen LogP contribution in [0.4, 0.5) is 0 Å². The highest BCUT2D eigenvalue weighted by Crippen LogP contribution is 1.85. The Kier molecular flexibility index (Phi) is 6.52. The second-order valence-electron chi connectivity index (χ2n) is 1.60. The highest BCUT2D eigenvalue weighted by molar-refractivity contribution is 14.0. The van der Waals surface area contributed by atoms with Gasteiger partial charge in [-0.1, -0.05) is 0 Å². The molecular weight excluding hydrogens is 237 g/mol. The lowest BCUT2D eigenvalue weighted by molar-refractivity contribution is -0.140. The Hall–Kier alpha value is 0.120. The normalized spacial score (nSPS) is 15.4. The van der Waals surface area contributed by atoms with Crippen molar-refractivity contribution < 1.29 is 15.0 Å². The average molecular weight is 247 g/mol. The zero-order chi connectivity index (χ0) is 6.73. The molecule has 9 heavy (non-hydrogen) atoms. The summed E-state index contributed by atoms with van der Waals surface area (Å²) in [7, 11) is 0. The first-order valence-corrected chi connectivity index (χ1v) is 2.22. The number of aliphatic hydroxyl groups is 1. The molecule has 0 aliphatic carbocycles. The Balaban J connectivity index is 0. The van der Waals surface area contributed by atoms with E-state index in [-0.39, 0.29) is 24.0 Å². The van der Waals surface area contributed by atoms with Crippen molar-refractivity contribution in [3.8, 4) is 0 Å². The fourth-order valence-corrected chi connectivity index (χ4v) is 0.206. The summed E-state index contributed by atoms with van der Waals surface area (Å²) in [4.78, 5) is 9.86. The van der Waals surface area contributed by atoms with Crippen LogP contribution in [0.3, 0.4) is 0 Å². The predicted molar refractivity (Wildman–Crippen MR) is 42.7 cm³/mol. The van der Waals surface area contributed by atoms with Crippen molar-refractivity contribution in [3.05, 3.63) is 0 Å². The number of carboxylic acid groups (broad SMARTS) is 1. The van der Waals surface area contributed by atoms with Crippen LogP contribution in [0, 0.1) is 0 Å². The van der Waals surface area contributed by atoms with Gasteiger partial charge in [-0.2, -0.15) is 0 Å². The van der Waals surface area contributed by atoms with Gasteiger partial charge in [-0.3, -0.25) is 4.79 Å². The molecule has 2 atom stereocenters. The third-order valence-electron chi connectivity index (χ3n) is 0.805. The summed E-state index contributed by atoms with van der Waals surface area (Å²) >= 11 is 0. The van der Waals surface area contributed by atoms with Gasteiger partial charge in [-0.15, -0.1) is 24.0 Å². The minimum atomic E-state index is -1.18. The summed E-state index contributed by atoms with van der Waals surface area (Å²) in [5.74, 6) is -1.18. The Morgan fingerprint density at radius 1 is 1.67 bits per heavy atom. The van der Waals surface area contributed by atoms with Gasteiger partial charge in [0.1, 0.15) is 6.04 Å². The molecule has 0 aromatic heterocycles. The molecule has 0 aliphatic heterocycles. The molecular formula is C4H10INO3. The quantitative estimate of drug-likeness (QED) is 0.569. The highest BCUT2D eigenvalue weighted by atomic mass is 127. The SMILES string of the molecule is CC(O)C(N)C(=O)O.I. The van der Waals surface area contributed by atoms with E-state index in [9.17, 15) is 4.79 Å². The topological polar surface area (TPSA) is 83.5 Å². The van der Waals surface area contributed by atoms with Gasteiger partial charge in [0.25, 0.3) is 0 Å². The number of carbonyl (C=O) groups is 1. The zero-order valence-electron chi connectivity index (χ0n) is 4.94. The number of aliphatic hydroxyl groups excluding tert-OH is 1. The van der Waals surface area contributed by atoms with Gasteiger partial charge in [0.15, 0.2) is 0 Å². The zero-order valence-corrected chi connectivity index (χ0v) is 7.27. The molecule has 56 valence electrons. The minimum absolute atomic E-state index is 0. The minimum Gasteiger partial charge on any atom is -0.480 e. The van der Waals surface area contributed by atoms with E-state index in [0.717, 1.165) is 0 Å². The van der Waals surface area contributed by atoms with E-state index in [2.05, 4.69) is 0 Å².